The number of benzene rings is 1. The summed E-state index contributed by atoms with van der Waals surface area (Å²) in [5, 5.41) is 0. The molecule has 0 fully saturated rings. The zero-order valence-electron chi connectivity index (χ0n) is 12.9. The molecule has 0 saturated heterocycles. The monoisotopic (exact) mass is 511 g/mol. The minimum absolute atomic E-state index is 0. The Bertz CT molecular complexity index is 774. The molecule has 0 radical (unpaired) electrons. The molecular formula is C19H19Cl2HfN. The largest absolute Gasteiger partial charge is 0.147 e. The van der Waals surface area contributed by atoms with E-state index in [9.17, 15) is 0 Å². The third-order valence-electron chi connectivity index (χ3n) is 4.39. The summed E-state index contributed by atoms with van der Waals surface area (Å²) in [6.45, 7) is 2.28. The Labute approximate surface area is 161 Å². The summed E-state index contributed by atoms with van der Waals surface area (Å²) in [4.78, 5) is 0. The molecule has 1 nitrogen and oxygen atoms in total. The van der Waals surface area contributed by atoms with Crippen LogP contribution in [0.25, 0.3) is 6.08 Å². The normalized spacial score (nSPS) is 20.9. The minimum atomic E-state index is -1.08. The third-order valence-corrected chi connectivity index (χ3v) is 11.5. The van der Waals surface area contributed by atoms with Gasteiger partial charge < -0.3 is 0 Å². The summed E-state index contributed by atoms with van der Waals surface area (Å²) < 4.78 is 4.31. The van der Waals surface area contributed by atoms with Crippen LogP contribution in [0, 0.1) is 0 Å². The van der Waals surface area contributed by atoms with Crippen LogP contribution in [0.5, 0.6) is 0 Å². The third kappa shape index (κ3) is 3.09. The second-order valence-corrected chi connectivity index (χ2v) is 11.5. The van der Waals surface area contributed by atoms with Gasteiger partial charge in [0.25, 0.3) is 0 Å². The molecule has 23 heavy (non-hydrogen) atoms. The van der Waals surface area contributed by atoms with Crippen LogP contribution in [0.1, 0.15) is 24.5 Å². The minimum Gasteiger partial charge on any atom is -0.147 e. The first-order valence-electron chi connectivity index (χ1n) is 7.36. The predicted molar refractivity (Wildman–Crippen MR) is 97.9 cm³/mol. The summed E-state index contributed by atoms with van der Waals surface area (Å²) >= 11 is -1.08. The number of nitrogens with zero attached hydrogens (tertiary/aromatic N) is 1. The van der Waals surface area contributed by atoms with Crippen LogP contribution in [-0.4, -0.2) is 4.57 Å². The van der Waals surface area contributed by atoms with Crippen molar-refractivity contribution in [2.45, 2.75) is 16.6 Å². The van der Waals surface area contributed by atoms with E-state index in [1.165, 1.54) is 23.1 Å². The molecule has 1 aromatic heterocycles. The van der Waals surface area contributed by atoms with E-state index < -0.39 is 22.9 Å². The van der Waals surface area contributed by atoms with Crippen LogP contribution in [-0.2, 0) is 26.2 Å². The maximum absolute atomic E-state index is 2.46. The van der Waals surface area contributed by atoms with E-state index in [-0.39, 0.29) is 28.1 Å². The van der Waals surface area contributed by atoms with Crippen molar-refractivity contribution in [3.8, 4) is 0 Å². The van der Waals surface area contributed by atoms with Crippen molar-refractivity contribution in [1.82, 2.24) is 4.57 Å². The van der Waals surface area contributed by atoms with Gasteiger partial charge in [-0.2, -0.15) is 0 Å². The summed E-state index contributed by atoms with van der Waals surface area (Å²) in [5.74, 6) is 0. The van der Waals surface area contributed by atoms with Crippen LogP contribution >= 0.6 is 24.8 Å². The molecule has 1 atom stereocenters. The topological polar surface area (TPSA) is 4.93 Å². The Hall–Kier alpha value is -0.830. The number of hydrogen-bond donors (Lipinski definition) is 0. The molecule has 2 aromatic rings. The molecule has 2 aliphatic carbocycles. The summed E-state index contributed by atoms with van der Waals surface area (Å²) in [6.07, 6.45) is 15.0. The number of allylic oxidation sites excluding steroid dienone is 5. The van der Waals surface area contributed by atoms with Gasteiger partial charge in [0.1, 0.15) is 0 Å². The Balaban J connectivity index is 0.000000960. The second-order valence-electron chi connectivity index (χ2n) is 5.67. The van der Waals surface area contributed by atoms with Gasteiger partial charge in [-0.15, -0.1) is 24.8 Å². The summed E-state index contributed by atoms with van der Waals surface area (Å²) in [5.41, 5.74) is 4.40. The number of halogens is 2. The predicted octanol–water partition coefficient (Wildman–Crippen LogP) is 5.38. The van der Waals surface area contributed by atoms with E-state index in [4.69, 9.17) is 0 Å². The van der Waals surface area contributed by atoms with Crippen molar-refractivity contribution < 1.29 is 22.9 Å². The maximum Gasteiger partial charge on any atom is -0.147 e. The van der Waals surface area contributed by atoms with Crippen LogP contribution < -0.4 is 0 Å². The quantitative estimate of drug-likeness (QED) is 0.489. The molecule has 0 bridgehead atoms. The van der Waals surface area contributed by atoms with Crippen molar-refractivity contribution in [3.63, 3.8) is 0 Å². The standard InChI is InChI=1S/C13H10N.C6H7.2ClH.Hf/c1-2-6-12-11(5-1)7-8-13(12)14-9-3-4-10-14;1-6-4-2-3-5-6;;;/h1-10H;2,4H,3H2,1H3;2*1H;. The van der Waals surface area contributed by atoms with Gasteiger partial charge in [-0.25, -0.2) is 0 Å². The molecule has 0 saturated carbocycles. The molecule has 4 rings (SSSR count). The number of fused-ring (bicyclic) bond motifs is 1. The van der Waals surface area contributed by atoms with Crippen molar-refractivity contribution in [2.75, 3.05) is 0 Å². The van der Waals surface area contributed by atoms with Gasteiger partial charge in [0.15, 0.2) is 0 Å². The number of hydrogen-bond acceptors (Lipinski definition) is 0. The molecule has 0 spiro atoms. The van der Waals surface area contributed by atoms with E-state index in [0.29, 0.717) is 0 Å². The van der Waals surface area contributed by atoms with Crippen molar-refractivity contribution in [2.24, 2.45) is 0 Å². The molecule has 118 valence electrons. The SMILES string of the molecule is CC1=[C]([Hf][C]2(n3cccc3)C=Cc3ccccc32)CC=C1.Cl.Cl. The molecule has 0 aliphatic heterocycles. The average Bonchev–Trinajstić information content (AvgIpc) is 3.22. The van der Waals surface area contributed by atoms with Crippen LogP contribution in [0.2, 0.25) is 0 Å². The molecule has 1 heterocycles. The summed E-state index contributed by atoms with van der Waals surface area (Å²) in [7, 11) is 0. The van der Waals surface area contributed by atoms with E-state index in [1.54, 1.807) is 3.33 Å². The van der Waals surface area contributed by atoms with Crippen molar-refractivity contribution >= 4 is 30.9 Å². The van der Waals surface area contributed by atoms with E-state index in [2.05, 4.69) is 84.6 Å². The van der Waals surface area contributed by atoms with Gasteiger partial charge in [-0.3, -0.25) is 0 Å². The Kier molecular flexibility index (Phi) is 5.94. The van der Waals surface area contributed by atoms with Crippen molar-refractivity contribution in [1.29, 1.82) is 0 Å². The summed E-state index contributed by atoms with van der Waals surface area (Å²) in [6, 6.07) is 13.2. The molecule has 2 aliphatic rings. The Morgan fingerprint density at radius 1 is 1.00 bits per heavy atom. The van der Waals surface area contributed by atoms with Gasteiger partial charge in [-0.1, -0.05) is 0 Å². The fraction of sp³-hybridized carbons (Fsp3) is 0.158. The molecule has 1 unspecified atom stereocenters. The first-order valence-corrected chi connectivity index (χ1v) is 11.0. The Morgan fingerprint density at radius 2 is 1.74 bits per heavy atom. The van der Waals surface area contributed by atoms with Gasteiger partial charge in [0, 0.05) is 0 Å². The van der Waals surface area contributed by atoms with Crippen molar-refractivity contribution in [3.05, 3.63) is 87.0 Å². The van der Waals surface area contributed by atoms with E-state index >= 15 is 0 Å². The fourth-order valence-electron chi connectivity index (χ4n) is 3.25. The average molecular weight is 511 g/mol. The molecule has 0 amide bonds. The van der Waals surface area contributed by atoms with E-state index in [0.717, 1.165) is 0 Å². The second kappa shape index (κ2) is 7.38. The zero-order chi connectivity index (χ0) is 14.3. The van der Waals surface area contributed by atoms with Gasteiger partial charge >= 0.3 is 137 Å². The Morgan fingerprint density at radius 3 is 2.43 bits per heavy atom. The van der Waals surface area contributed by atoms with Gasteiger partial charge in [-0.05, 0) is 0 Å². The number of aromatic nitrogens is 1. The fourth-order valence-corrected chi connectivity index (χ4v) is 9.60. The molecule has 4 heteroatoms. The van der Waals surface area contributed by atoms with E-state index in [1.807, 2.05) is 0 Å². The first kappa shape index (κ1) is 18.5. The number of rotatable bonds is 3. The van der Waals surface area contributed by atoms with Gasteiger partial charge in [0.05, 0.1) is 0 Å². The first-order chi connectivity index (χ1) is 10.3. The smallest absolute Gasteiger partial charge is 0.147 e. The van der Waals surface area contributed by atoms with Crippen LogP contribution in [0.15, 0.2) is 75.9 Å². The molecule has 1 aromatic carbocycles. The molecule has 0 N–H and O–H groups in total. The molecular weight excluding hydrogens is 492 g/mol. The maximum atomic E-state index is 2.46. The zero-order valence-corrected chi connectivity index (χ0v) is 18.1. The van der Waals surface area contributed by atoms with Gasteiger partial charge in [0.2, 0.25) is 0 Å². The van der Waals surface area contributed by atoms with Crippen LogP contribution in [0.4, 0.5) is 0 Å². The van der Waals surface area contributed by atoms with Crippen LogP contribution in [0.3, 0.4) is 0 Å².